The molecule has 3 rings (SSSR count). The molecule has 0 bridgehead atoms. The van der Waals surface area contributed by atoms with Gasteiger partial charge in [-0.3, -0.25) is 4.79 Å². The van der Waals surface area contributed by atoms with E-state index in [1.807, 2.05) is 0 Å². The van der Waals surface area contributed by atoms with Gasteiger partial charge in [-0.05, 0) is 62.5 Å². The maximum atomic E-state index is 12.5. The fourth-order valence-corrected chi connectivity index (χ4v) is 4.28. The predicted octanol–water partition coefficient (Wildman–Crippen LogP) is 3.15. The Morgan fingerprint density at radius 3 is 2.81 bits per heavy atom. The topological polar surface area (TPSA) is 55.1 Å². The van der Waals surface area contributed by atoms with E-state index in [4.69, 9.17) is 5.73 Å². The number of hydrogen-bond donors (Lipinski definition) is 2. The van der Waals surface area contributed by atoms with E-state index < -0.39 is 0 Å². The molecule has 2 unspecified atom stereocenters. The smallest absolute Gasteiger partial charge is 0.261 e. The summed E-state index contributed by atoms with van der Waals surface area (Å²) in [5.41, 5.74) is 7.04. The molecule has 3 N–H and O–H groups in total. The lowest BCUT2D eigenvalue weighted by atomic mass is 9.90. The van der Waals surface area contributed by atoms with Gasteiger partial charge in [0.2, 0.25) is 0 Å². The highest BCUT2D eigenvalue weighted by molar-refractivity contribution is 7.14. The Morgan fingerprint density at radius 2 is 2.19 bits per heavy atom. The first-order valence-corrected chi connectivity index (χ1v) is 8.47. The van der Waals surface area contributed by atoms with Gasteiger partial charge in [-0.1, -0.05) is 6.92 Å². The highest BCUT2D eigenvalue weighted by Crippen LogP contribution is 2.39. The Labute approximate surface area is 137 Å². The molecule has 2 aliphatic rings. The van der Waals surface area contributed by atoms with Gasteiger partial charge in [-0.2, -0.15) is 0 Å². The summed E-state index contributed by atoms with van der Waals surface area (Å²) in [6.45, 7) is 4.89. The van der Waals surface area contributed by atoms with Crippen molar-refractivity contribution in [2.75, 3.05) is 6.54 Å². The van der Waals surface area contributed by atoms with Gasteiger partial charge in [-0.25, -0.2) is 0 Å². The van der Waals surface area contributed by atoms with Crippen LogP contribution in [0.3, 0.4) is 0 Å². The van der Waals surface area contributed by atoms with Crippen LogP contribution in [0.1, 0.15) is 53.2 Å². The summed E-state index contributed by atoms with van der Waals surface area (Å²) in [6, 6.07) is 2.11. The van der Waals surface area contributed by atoms with Crippen molar-refractivity contribution >= 4 is 29.7 Å². The normalized spacial score (nSPS) is 23.7. The molecule has 5 heteroatoms. The molecule has 2 atom stereocenters. The first-order chi connectivity index (χ1) is 9.51. The maximum absolute atomic E-state index is 12.5. The van der Waals surface area contributed by atoms with Gasteiger partial charge in [0.25, 0.3) is 5.91 Å². The second-order valence-electron chi connectivity index (χ2n) is 6.76. The molecule has 1 fully saturated rings. The van der Waals surface area contributed by atoms with Crippen molar-refractivity contribution in [2.24, 2.45) is 17.6 Å². The number of carbonyl (C=O) groups is 1. The third kappa shape index (κ3) is 3.43. The lowest BCUT2D eigenvalue weighted by molar-refractivity contribution is 0.0902. The van der Waals surface area contributed by atoms with E-state index in [9.17, 15) is 4.79 Å². The zero-order valence-electron chi connectivity index (χ0n) is 12.8. The minimum atomic E-state index is -0.227. The quantitative estimate of drug-likeness (QED) is 0.892. The molecule has 2 aliphatic carbocycles. The molecule has 1 aromatic heterocycles. The molecule has 0 aromatic carbocycles. The molecule has 0 aliphatic heterocycles. The van der Waals surface area contributed by atoms with E-state index >= 15 is 0 Å². The fourth-order valence-electron chi connectivity index (χ4n) is 3.18. The number of nitrogens with two attached hydrogens (primary N) is 1. The van der Waals surface area contributed by atoms with Gasteiger partial charge >= 0.3 is 0 Å². The van der Waals surface area contributed by atoms with E-state index in [1.165, 1.54) is 29.7 Å². The number of thiophene rings is 1. The average molecular weight is 329 g/mol. The van der Waals surface area contributed by atoms with Crippen LogP contribution >= 0.6 is 23.7 Å². The Kier molecular flexibility index (Phi) is 5.01. The Bertz CT molecular complexity index is 526. The van der Waals surface area contributed by atoms with E-state index in [-0.39, 0.29) is 23.9 Å². The lowest BCUT2D eigenvalue weighted by Crippen LogP contribution is -2.53. The molecular formula is C16H25ClN2OS. The zero-order chi connectivity index (χ0) is 14.3. The number of rotatable bonds is 4. The monoisotopic (exact) mass is 328 g/mol. The number of carbonyl (C=O) groups excluding carboxylic acids is 1. The molecule has 1 saturated carbocycles. The largest absolute Gasteiger partial charge is 0.345 e. The highest BCUT2D eigenvalue weighted by atomic mass is 35.5. The van der Waals surface area contributed by atoms with Crippen molar-refractivity contribution < 1.29 is 4.79 Å². The maximum Gasteiger partial charge on any atom is 0.261 e. The molecule has 0 radical (unpaired) electrons. The molecule has 21 heavy (non-hydrogen) atoms. The van der Waals surface area contributed by atoms with Gasteiger partial charge in [0, 0.05) is 11.4 Å². The number of nitrogens with one attached hydrogen (secondary N) is 1. The first kappa shape index (κ1) is 16.8. The molecule has 1 heterocycles. The lowest BCUT2D eigenvalue weighted by Gasteiger charge is -2.29. The minimum absolute atomic E-state index is 0. The molecule has 118 valence electrons. The molecule has 0 saturated heterocycles. The van der Waals surface area contributed by atoms with E-state index in [0.717, 1.165) is 23.6 Å². The van der Waals surface area contributed by atoms with Gasteiger partial charge in [0.05, 0.1) is 10.4 Å². The third-order valence-corrected chi connectivity index (χ3v) is 6.09. The highest BCUT2D eigenvalue weighted by Gasteiger charge is 2.41. The predicted molar refractivity (Wildman–Crippen MR) is 90.4 cm³/mol. The number of fused-ring (bicyclic) bond motifs is 1. The minimum Gasteiger partial charge on any atom is -0.345 e. The number of amides is 1. The molecular weight excluding hydrogens is 304 g/mol. The molecule has 1 amide bonds. The van der Waals surface area contributed by atoms with Crippen LogP contribution in [0.5, 0.6) is 0 Å². The summed E-state index contributed by atoms with van der Waals surface area (Å²) in [6.07, 6.45) is 5.87. The van der Waals surface area contributed by atoms with Gasteiger partial charge in [0.15, 0.2) is 0 Å². The summed E-state index contributed by atoms with van der Waals surface area (Å²) in [5.74, 6) is 1.37. The second-order valence-corrected chi connectivity index (χ2v) is 7.89. The van der Waals surface area contributed by atoms with E-state index in [2.05, 4.69) is 25.2 Å². The van der Waals surface area contributed by atoms with Crippen LogP contribution in [-0.2, 0) is 12.8 Å². The Hall–Kier alpha value is -0.580. The second kappa shape index (κ2) is 6.27. The molecule has 3 nitrogen and oxygen atoms in total. The zero-order valence-corrected chi connectivity index (χ0v) is 14.4. The van der Waals surface area contributed by atoms with Gasteiger partial charge < -0.3 is 11.1 Å². The third-order valence-electron chi connectivity index (χ3n) is 4.85. The van der Waals surface area contributed by atoms with E-state index in [1.54, 1.807) is 11.3 Å². The summed E-state index contributed by atoms with van der Waals surface area (Å²) in [4.78, 5) is 14.8. The molecule has 1 aromatic rings. The van der Waals surface area contributed by atoms with Gasteiger partial charge in [0.1, 0.15) is 0 Å². The van der Waals surface area contributed by atoms with Crippen LogP contribution in [0.4, 0.5) is 0 Å². The Morgan fingerprint density at radius 1 is 1.48 bits per heavy atom. The summed E-state index contributed by atoms with van der Waals surface area (Å²) in [5, 5.41) is 3.19. The van der Waals surface area contributed by atoms with Crippen LogP contribution in [-0.4, -0.2) is 18.0 Å². The van der Waals surface area contributed by atoms with Crippen molar-refractivity contribution in [3.63, 3.8) is 0 Å². The summed E-state index contributed by atoms with van der Waals surface area (Å²) in [7, 11) is 0. The van der Waals surface area contributed by atoms with Gasteiger partial charge in [-0.15, -0.1) is 23.7 Å². The van der Waals surface area contributed by atoms with Crippen molar-refractivity contribution in [2.45, 2.75) is 51.5 Å². The van der Waals surface area contributed by atoms with Crippen molar-refractivity contribution in [1.29, 1.82) is 0 Å². The Balaban J connectivity index is 0.00000161. The number of hydrogen-bond acceptors (Lipinski definition) is 3. The van der Waals surface area contributed by atoms with Crippen LogP contribution in [0.2, 0.25) is 0 Å². The van der Waals surface area contributed by atoms with Crippen LogP contribution in [0, 0.1) is 11.8 Å². The number of aryl methyl sites for hydroxylation is 1. The number of halogens is 1. The van der Waals surface area contributed by atoms with Crippen LogP contribution in [0.15, 0.2) is 6.07 Å². The van der Waals surface area contributed by atoms with Crippen molar-refractivity contribution in [3.05, 3.63) is 21.4 Å². The standard InChI is InChI=1S/C16H24N2OS.ClH/c1-10-3-6-13-11(7-10)8-14(20-13)15(19)18-16(2,9-17)12-4-5-12;/h8,10,12H,3-7,9,17H2,1-2H3,(H,18,19);1H. The van der Waals surface area contributed by atoms with Crippen LogP contribution < -0.4 is 11.1 Å². The fraction of sp³-hybridized carbons (Fsp3) is 0.688. The van der Waals surface area contributed by atoms with Crippen LogP contribution in [0.25, 0.3) is 0 Å². The molecule has 0 spiro atoms. The SMILES string of the molecule is CC1CCc2sc(C(=O)NC(C)(CN)C3CC3)cc2C1.Cl. The van der Waals surface area contributed by atoms with Crippen molar-refractivity contribution in [3.8, 4) is 0 Å². The summed E-state index contributed by atoms with van der Waals surface area (Å²) >= 11 is 1.68. The average Bonchev–Trinajstić information content (AvgIpc) is 3.19. The van der Waals surface area contributed by atoms with Crippen molar-refractivity contribution in [1.82, 2.24) is 5.32 Å². The summed E-state index contributed by atoms with van der Waals surface area (Å²) < 4.78 is 0. The first-order valence-electron chi connectivity index (χ1n) is 7.66. The van der Waals surface area contributed by atoms with E-state index in [0.29, 0.717) is 12.5 Å².